The van der Waals surface area contributed by atoms with Gasteiger partial charge in [-0.3, -0.25) is 0 Å². The molecule has 0 radical (unpaired) electrons. The van der Waals surface area contributed by atoms with Crippen molar-refractivity contribution in [2.24, 2.45) is 0 Å². The van der Waals surface area contributed by atoms with E-state index in [-0.39, 0.29) is 63.2 Å². The summed E-state index contributed by atoms with van der Waals surface area (Å²) in [6, 6.07) is 63.0. The summed E-state index contributed by atoms with van der Waals surface area (Å²) in [5, 5.41) is 4.77. The van der Waals surface area contributed by atoms with Crippen LogP contribution in [0.3, 0.4) is 0 Å². The van der Waals surface area contributed by atoms with Crippen LogP contribution in [0.25, 0.3) is 66.8 Å². The molecule has 0 aliphatic rings. The van der Waals surface area contributed by atoms with Gasteiger partial charge in [-0.1, -0.05) is 330 Å². The first kappa shape index (κ1) is 102. The molecule has 0 aliphatic carbocycles. The summed E-state index contributed by atoms with van der Waals surface area (Å²) >= 11 is 0. The fraction of sp³-hybridized carbons (Fsp3) is 0.424. The monoisotopic (exact) mass is 2050 g/mol. The van der Waals surface area contributed by atoms with Gasteiger partial charge in [0, 0.05) is 120 Å². The van der Waals surface area contributed by atoms with Crippen molar-refractivity contribution in [2.75, 3.05) is 40.0 Å². The van der Waals surface area contributed by atoms with Gasteiger partial charge in [-0.15, -0.1) is 0 Å². The van der Waals surface area contributed by atoms with Gasteiger partial charge in [0.1, 0.15) is 15.9 Å². The number of hydrogen-bond acceptors (Lipinski definition) is 0. The van der Waals surface area contributed by atoms with E-state index in [1.54, 1.807) is 15.9 Å². The maximum Gasteiger partial charge on any atom is 0 e. The molecule has 588 valence electrons. The van der Waals surface area contributed by atoms with E-state index in [9.17, 15) is 0 Å². The zero-order valence-corrected chi connectivity index (χ0v) is 81.0. The molecular formula is C99H132O3P3Pt3+3. The first-order chi connectivity index (χ1) is 49.7. The van der Waals surface area contributed by atoms with Crippen molar-refractivity contribution < 1.29 is 77.2 Å². The largest absolute Gasteiger partial charge is 0 e. The minimum Gasteiger partial charge on any atom is 0 e. The Morgan fingerprint density at radius 2 is 0.259 bits per heavy atom. The molecule has 0 fully saturated rings. The van der Waals surface area contributed by atoms with Gasteiger partial charge in [0.05, 0.1) is 40.0 Å². The molecular weight excluding hydrogens is 1920 g/mol. The minimum atomic E-state index is -0.733. The van der Waals surface area contributed by atoms with Gasteiger partial charge in [-0.2, -0.15) is 0 Å². The third-order valence-electron chi connectivity index (χ3n) is 20.5. The Kier molecular flexibility index (Phi) is 45.1. The Morgan fingerprint density at radius 1 is 0.176 bits per heavy atom. The van der Waals surface area contributed by atoms with Gasteiger partial charge < -0.3 is 0 Å². The summed E-state index contributed by atoms with van der Waals surface area (Å²) in [7, 11) is -2.20. The standard InChI is InChI=1S/3C32H43P.3CO.3Pt/c3*1-20(2)24-14-11-15-25(21(3)4)30(24)28-18-13-19-29(32(28)33(9)10)31-26(22(5)6)16-12-17-27(31)23(7)8;3*1-2;;;/h3*11-23H,1-10H3;;;;;;/p+3. The van der Waals surface area contributed by atoms with Gasteiger partial charge in [-0.25, -0.2) is 0 Å². The fourth-order valence-corrected chi connectivity index (χ4v) is 20.2. The van der Waals surface area contributed by atoms with Gasteiger partial charge in [0.25, 0.3) is 0 Å². The van der Waals surface area contributed by atoms with Crippen LogP contribution in [0.15, 0.2) is 164 Å². The smallest absolute Gasteiger partial charge is 0 e. The van der Waals surface area contributed by atoms with E-state index in [1.807, 2.05) is 0 Å². The second-order valence-electron chi connectivity index (χ2n) is 32.9. The summed E-state index contributed by atoms with van der Waals surface area (Å²) in [6.45, 7) is 84.3. The molecule has 108 heavy (non-hydrogen) atoms. The number of benzene rings is 9. The number of hydrogen-bond donors (Lipinski definition) is 0. The summed E-state index contributed by atoms with van der Waals surface area (Å²) in [5.74, 6) is 5.93. The summed E-state index contributed by atoms with van der Waals surface area (Å²) in [5.41, 5.74) is 35.4. The van der Waals surface area contributed by atoms with E-state index < -0.39 is 23.8 Å². The summed E-state index contributed by atoms with van der Waals surface area (Å²) in [4.78, 5) is 0. The molecule has 0 amide bonds. The summed E-state index contributed by atoms with van der Waals surface area (Å²) < 4.78 is 22.5. The molecule has 0 spiro atoms. The van der Waals surface area contributed by atoms with E-state index >= 15 is 0 Å². The van der Waals surface area contributed by atoms with Gasteiger partial charge in [-0.05, 0) is 171 Å². The molecule has 0 aromatic heterocycles. The van der Waals surface area contributed by atoms with Crippen LogP contribution < -0.4 is 15.9 Å². The Hall–Kier alpha value is -4.45. The maximum atomic E-state index is 7.50. The van der Waals surface area contributed by atoms with Crippen molar-refractivity contribution in [3.05, 3.63) is 251 Å². The predicted molar refractivity (Wildman–Crippen MR) is 472 cm³/mol. The zero-order valence-electron chi connectivity index (χ0n) is 71.2. The minimum absolute atomic E-state index is 0. The predicted octanol–water partition coefficient (Wildman–Crippen LogP) is 28.7. The molecule has 9 heteroatoms. The van der Waals surface area contributed by atoms with Crippen LogP contribution in [0.4, 0.5) is 0 Å². The van der Waals surface area contributed by atoms with Gasteiger partial charge in [0.2, 0.25) is 0 Å². The summed E-state index contributed by atoms with van der Waals surface area (Å²) in [6.07, 6.45) is 0. The Morgan fingerprint density at radius 3 is 0.333 bits per heavy atom. The average molecular weight is 2050 g/mol. The van der Waals surface area contributed by atoms with E-state index in [1.165, 1.54) is 134 Å². The van der Waals surface area contributed by atoms with E-state index in [0.29, 0.717) is 71.0 Å². The molecule has 9 aromatic rings. The molecule has 0 bridgehead atoms. The van der Waals surface area contributed by atoms with Crippen molar-refractivity contribution in [3.8, 4) is 66.8 Å². The molecule has 0 unspecified atom stereocenters. The van der Waals surface area contributed by atoms with Crippen LogP contribution in [0.1, 0.15) is 304 Å². The van der Waals surface area contributed by atoms with E-state index in [4.69, 9.17) is 14.0 Å². The SMILES string of the molecule is CC(C)c1cccc(C(C)C)c1-c1cccc(-c2c(C(C)C)cccc2C(C)C)c1[PH+](C)C.CC(C)c1cccc(C(C)C)c1-c1cccc(-c2c(C(C)C)cccc2C(C)C)c1[PH+](C)C.CC(C)c1cccc(C(C)C)c1-c1cccc(-c2c(C(C)C)cccc2C(C)C)c1[PH+](C)C.[C-]#[O+].[C-]#[O+].[C-]#[O+].[Pt].[Pt].[Pt]. The van der Waals surface area contributed by atoms with Crippen molar-refractivity contribution in [1.29, 1.82) is 0 Å². The second kappa shape index (κ2) is 47.9. The van der Waals surface area contributed by atoms with E-state index in [2.05, 4.69) is 390 Å². The Balaban J connectivity index is 0.000000771. The van der Waals surface area contributed by atoms with Crippen molar-refractivity contribution >= 4 is 39.7 Å². The third kappa shape index (κ3) is 24.3. The van der Waals surface area contributed by atoms with Crippen LogP contribution >= 0.6 is 23.8 Å². The molecule has 9 aromatic carbocycles. The average Bonchev–Trinajstić information content (AvgIpc) is 0.764. The molecule has 0 N–H and O–H groups in total. The topological polar surface area (TPSA) is 59.7 Å². The molecule has 0 aliphatic heterocycles. The van der Waals surface area contributed by atoms with Crippen LogP contribution in [-0.2, 0) is 77.2 Å². The molecule has 0 atom stereocenters. The Bertz CT molecular complexity index is 3500. The maximum absolute atomic E-state index is 7.50. The van der Waals surface area contributed by atoms with Crippen LogP contribution in [0, 0.1) is 20.0 Å². The fourth-order valence-electron chi connectivity index (χ4n) is 15.7. The van der Waals surface area contributed by atoms with Gasteiger partial charge in [0.15, 0.2) is 0 Å². The second-order valence-corrected chi connectivity index (χ2v) is 40.4. The van der Waals surface area contributed by atoms with Crippen LogP contribution in [0.2, 0.25) is 0 Å². The quantitative estimate of drug-likeness (QED) is 0.0391. The van der Waals surface area contributed by atoms with Crippen LogP contribution in [-0.4, -0.2) is 40.0 Å². The van der Waals surface area contributed by atoms with Crippen molar-refractivity contribution in [2.45, 2.75) is 237 Å². The number of rotatable bonds is 21. The Labute approximate surface area is 705 Å². The first-order valence-corrected chi connectivity index (χ1v) is 46.4. The van der Waals surface area contributed by atoms with E-state index in [0.717, 1.165) is 0 Å². The molecule has 0 heterocycles. The molecule has 9 rings (SSSR count). The molecule has 3 nitrogen and oxygen atoms in total. The van der Waals surface area contributed by atoms with Gasteiger partial charge >= 0.3 is 33.9 Å². The normalized spacial score (nSPS) is 11.1. The van der Waals surface area contributed by atoms with Crippen molar-refractivity contribution in [1.82, 2.24) is 0 Å². The first-order valence-electron chi connectivity index (χ1n) is 38.9. The molecule has 0 saturated carbocycles. The third-order valence-corrected chi connectivity index (χ3v) is 25.2. The van der Waals surface area contributed by atoms with Crippen molar-refractivity contribution in [3.63, 3.8) is 0 Å². The zero-order chi connectivity index (χ0) is 79.3. The molecule has 0 saturated heterocycles. The van der Waals surface area contributed by atoms with Crippen LogP contribution in [0.5, 0.6) is 0 Å².